The van der Waals surface area contributed by atoms with Gasteiger partial charge < -0.3 is 20.1 Å². The van der Waals surface area contributed by atoms with E-state index in [9.17, 15) is 19.2 Å². The number of hydrogen-bond acceptors (Lipinski definition) is 8. The Hall–Kier alpha value is -5.23. The van der Waals surface area contributed by atoms with Crippen LogP contribution in [0.2, 0.25) is 0 Å². The summed E-state index contributed by atoms with van der Waals surface area (Å²) in [4.78, 5) is 52.2. The first-order valence-electron chi connectivity index (χ1n) is 14.4. The lowest BCUT2D eigenvalue weighted by molar-refractivity contribution is -0.115. The third-order valence-corrected chi connectivity index (χ3v) is 6.32. The fourth-order valence-electron chi connectivity index (χ4n) is 3.59. The molecule has 2 heterocycles. The zero-order chi connectivity index (χ0) is 33.7. The first-order valence-corrected chi connectivity index (χ1v) is 15.3. The van der Waals surface area contributed by atoms with Gasteiger partial charge in [0.15, 0.2) is 0 Å². The fraction of sp³-hybridized carbons (Fsp3) is 0.265. The summed E-state index contributed by atoms with van der Waals surface area (Å²) in [5, 5.41) is 12.8. The van der Waals surface area contributed by atoms with Gasteiger partial charge in [0.25, 0.3) is 5.91 Å². The average Bonchev–Trinajstić information content (AvgIpc) is 3.47. The molecule has 0 atom stereocenters. The van der Waals surface area contributed by atoms with Crippen molar-refractivity contribution in [2.24, 2.45) is 0 Å². The molecule has 0 spiro atoms. The number of nitrogens with zero attached hydrogens (tertiary/aromatic N) is 1. The Bertz CT molecular complexity index is 1580. The summed E-state index contributed by atoms with van der Waals surface area (Å²) in [6.45, 7) is 10.8. The van der Waals surface area contributed by atoms with Crippen molar-refractivity contribution in [3.05, 3.63) is 101 Å². The summed E-state index contributed by atoms with van der Waals surface area (Å²) in [6.07, 6.45) is 2.42. The monoisotopic (exact) mass is 645 g/mol. The second-order valence-corrected chi connectivity index (χ2v) is 12.9. The predicted molar refractivity (Wildman–Crippen MR) is 181 cm³/mol. The minimum Gasteiger partial charge on any atom is -0.444 e. The average molecular weight is 646 g/mol. The molecule has 2 aromatic carbocycles. The van der Waals surface area contributed by atoms with Crippen molar-refractivity contribution in [2.75, 3.05) is 21.3 Å². The van der Waals surface area contributed by atoms with Gasteiger partial charge in [0.2, 0.25) is 5.91 Å². The SMILES string of the molecule is CC(C)(C)OC(=O)Nc1ccc(NC(=O)Cc2cccs2)cc1.CC(C)(C)OC(=O)Nc1ccc(NC(=O)c2cccnc2)cc1. The second-order valence-electron chi connectivity index (χ2n) is 11.9. The van der Waals surface area contributed by atoms with Crippen LogP contribution >= 0.6 is 11.3 Å². The van der Waals surface area contributed by atoms with E-state index in [0.29, 0.717) is 34.7 Å². The number of anilines is 4. The molecular formula is C34H39N5O6S. The quantitative estimate of drug-likeness (QED) is 0.159. The molecule has 46 heavy (non-hydrogen) atoms. The number of benzene rings is 2. The molecule has 4 N–H and O–H groups in total. The van der Waals surface area contributed by atoms with Gasteiger partial charge in [-0.1, -0.05) is 6.07 Å². The molecule has 0 radical (unpaired) electrons. The minimum atomic E-state index is -0.554. The Labute approximate surface area is 272 Å². The van der Waals surface area contributed by atoms with Gasteiger partial charge in [-0.3, -0.25) is 25.2 Å². The van der Waals surface area contributed by atoms with E-state index >= 15 is 0 Å². The standard InChI is InChI=1S/C17H19N3O3.C17H20N2O3S/c1-17(2,3)23-16(22)20-14-8-6-13(7-9-14)19-15(21)12-5-4-10-18-11-12;1-17(2,3)22-16(21)19-13-8-6-12(7-9-13)18-15(20)11-14-5-4-10-23-14/h4-11H,1-3H3,(H,19,21)(H,20,22);4-10H,11H2,1-3H3,(H,18,20)(H,19,21). The van der Waals surface area contributed by atoms with Crippen molar-refractivity contribution in [1.29, 1.82) is 0 Å². The Balaban J connectivity index is 0.000000250. The van der Waals surface area contributed by atoms with Gasteiger partial charge in [-0.05, 0) is 114 Å². The molecule has 242 valence electrons. The summed E-state index contributed by atoms with van der Waals surface area (Å²) >= 11 is 1.55. The molecular weight excluding hydrogens is 606 g/mol. The molecule has 0 bridgehead atoms. The van der Waals surface area contributed by atoms with Gasteiger partial charge in [-0.25, -0.2) is 9.59 Å². The van der Waals surface area contributed by atoms with Crippen molar-refractivity contribution in [2.45, 2.75) is 59.2 Å². The lowest BCUT2D eigenvalue weighted by atomic mass is 10.2. The Morgan fingerprint density at radius 3 is 1.54 bits per heavy atom. The van der Waals surface area contributed by atoms with Crippen LogP contribution < -0.4 is 21.3 Å². The van der Waals surface area contributed by atoms with Crippen molar-refractivity contribution >= 4 is 58.1 Å². The van der Waals surface area contributed by atoms with Gasteiger partial charge in [0.1, 0.15) is 11.2 Å². The topological polar surface area (TPSA) is 148 Å². The van der Waals surface area contributed by atoms with Crippen LogP contribution in [0.1, 0.15) is 56.8 Å². The van der Waals surface area contributed by atoms with Gasteiger partial charge in [0.05, 0.1) is 12.0 Å². The predicted octanol–water partition coefficient (Wildman–Crippen LogP) is 7.96. The molecule has 12 heteroatoms. The molecule has 4 rings (SSSR count). The Morgan fingerprint density at radius 2 is 1.13 bits per heavy atom. The highest BCUT2D eigenvalue weighted by Gasteiger charge is 2.17. The van der Waals surface area contributed by atoms with E-state index < -0.39 is 23.4 Å². The number of ether oxygens (including phenoxy) is 2. The number of amides is 4. The molecule has 0 unspecified atom stereocenters. The number of rotatable bonds is 7. The van der Waals surface area contributed by atoms with Crippen LogP contribution in [0.4, 0.5) is 32.3 Å². The molecule has 2 aromatic heterocycles. The van der Waals surface area contributed by atoms with E-state index in [0.717, 1.165) is 4.88 Å². The number of aromatic nitrogens is 1. The smallest absolute Gasteiger partial charge is 0.412 e. The van der Waals surface area contributed by atoms with Gasteiger partial charge in [-0.2, -0.15) is 0 Å². The van der Waals surface area contributed by atoms with E-state index in [-0.39, 0.29) is 11.8 Å². The number of thiophene rings is 1. The molecule has 0 aliphatic heterocycles. The van der Waals surface area contributed by atoms with Crippen LogP contribution in [0.5, 0.6) is 0 Å². The molecule has 11 nitrogen and oxygen atoms in total. The van der Waals surface area contributed by atoms with Gasteiger partial charge >= 0.3 is 12.2 Å². The van der Waals surface area contributed by atoms with E-state index in [1.54, 1.807) is 120 Å². The van der Waals surface area contributed by atoms with Crippen molar-refractivity contribution < 1.29 is 28.7 Å². The lowest BCUT2D eigenvalue weighted by Gasteiger charge is -2.19. The highest BCUT2D eigenvalue weighted by Crippen LogP contribution is 2.18. The van der Waals surface area contributed by atoms with Crippen LogP contribution in [0.15, 0.2) is 90.6 Å². The van der Waals surface area contributed by atoms with Crippen molar-refractivity contribution in [1.82, 2.24) is 4.98 Å². The first-order chi connectivity index (χ1) is 21.6. The van der Waals surface area contributed by atoms with E-state index in [1.165, 1.54) is 6.20 Å². The van der Waals surface area contributed by atoms with Gasteiger partial charge in [-0.15, -0.1) is 11.3 Å². The molecule has 0 saturated carbocycles. The van der Waals surface area contributed by atoms with E-state index in [1.807, 2.05) is 17.5 Å². The maximum atomic E-state index is 12.0. The second kappa shape index (κ2) is 16.2. The van der Waals surface area contributed by atoms with Gasteiger partial charge in [0, 0.05) is 40.0 Å². The van der Waals surface area contributed by atoms with Crippen LogP contribution in [0.3, 0.4) is 0 Å². The first kappa shape index (κ1) is 35.3. The highest BCUT2D eigenvalue weighted by atomic mass is 32.1. The van der Waals surface area contributed by atoms with Crippen molar-refractivity contribution in [3.8, 4) is 0 Å². The van der Waals surface area contributed by atoms with Crippen molar-refractivity contribution in [3.63, 3.8) is 0 Å². The summed E-state index contributed by atoms with van der Waals surface area (Å²) in [5.41, 5.74) is 1.87. The fourth-order valence-corrected chi connectivity index (χ4v) is 4.30. The molecule has 0 aliphatic carbocycles. The number of hydrogen-bond donors (Lipinski definition) is 4. The Kier molecular flexibility index (Phi) is 12.4. The maximum Gasteiger partial charge on any atom is 0.412 e. The summed E-state index contributed by atoms with van der Waals surface area (Å²) in [7, 11) is 0. The van der Waals surface area contributed by atoms with E-state index in [4.69, 9.17) is 9.47 Å². The van der Waals surface area contributed by atoms with Crippen LogP contribution in [-0.4, -0.2) is 40.2 Å². The third-order valence-electron chi connectivity index (χ3n) is 5.44. The van der Waals surface area contributed by atoms with Crippen LogP contribution in [-0.2, 0) is 20.7 Å². The molecule has 4 amide bonds. The summed E-state index contributed by atoms with van der Waals surface area (Å²) in [5.74, 6) is -0.314. The Morgan fingerprint density at radius 1 is 0.652 bits per heavy atom. The summed E-state index contributed by atoms with van der Waals surface area (Å²) < 4.78 is 10.3. The zero-order valence-corrected chi connectivity index (χ0v) is 27.5. The van der Waals surface area contributed by atoms with E-state index in [2.05, 4.69) is 26.3 Å². The number of pyridine rings is 1. The maximum absolute atomic E-state index is 12.0. The molecule has 0 aliphatic rings. The molecule has 4 aromatic rings. The zero-order valence-electron chi connectivity index (χ0n) is 26.7. The number of carbonyl (C=O) groups is 4. The minimum absolute atomic E-state index is 0.0692. The molecule has 0 saturated heterocycles. The lowest BCUT2D eigenvalue weighted by Crippen LogP contribution is -2.27. The van der Waals surface area contributed by atoms with Crippen LogP contribution in [0, 0.1) is 0 Å². The molecule has 0 fully saturated rings. The highest BCUT2D eigenvalue weighted by molar-refractivity contribution is 7.10. The largest absolute Gasteiger partial charge is 0.444 e. The third kappa shape index (κ3) is 13.6. The number of nitrogens with one attached hydrogen (secondary N) is 4. The normalized spacial score (nSPS) is 10.8. The number of carbonyl (C=O) groups excluding carboxylic acids is 4. The summed E-state index contributed by atoms with van der Waals surface area (Å²) in [6, 6.07) is 20.9. The van der Waals surface area contributed by atoms with Crippen LogP contribution in [0.25, 0.3) is 0 Å².